The summed E-state index contributed by atoms with van der Waals surface area (Å²) in [4.78, 5) is 44.4. The molecule has 0 aliphatic carbocycles. The van der Waals surface area contributed by atoms with Crippen molar-refractivity contribution in [3.05, 3.63) is 0 Å². The van der Waals surface area contributed by atoms with Crippen molar-refractivity contribution in [1.29, 1.82) is 0 Å². The van der Waals surface area contributed by atoms with Crippen LogP contribution < -0.4 is 16.4 Å². The Morgan fingerprint density at radius 2 is 1.78 bits per heavy atom. The molecular formula is C23H44N6O3. The molecule has 32 heavy (non-hydrogen) atoms. The van der Waals surface area contributed by atoms with Crippen LogP contribution in [0.2, 0.25) is 0 Å². The molecule has 2 heterocycles. The lowest BCUT2D eigenvalue weighted by atomic mass is 9.85. The van der Waals surface area contributed by atoms with E-state index in [0.717, 1.165) is 32.5 Å². The standard InChI is InChI=1S/C23H44N6O3/c1-23(2,3)21(26-19(30)16-25-4)22(32)29-12-8-9-18(29)17-28(20(31)15-24)14-13-27-10-6-5-7-11-27/h18,21,25H,5-17,24H2,1-4H3,(H,26,30). The summed E-state index contributed by atoms with van der Waals surface area (Å²) in [6.07, 6.45) is 5.45. The van der Waals surface area contributed by atoms with Gasteiger partial charge in [0.2, 0.25) is 17.7 Å². The summed E-state index contributed by atoms with van der Waals surface area (Å²) in [6.45, 7) is 10.8. The van der Waals surface area contributed by atoms with Crippen molar-refractivity contribution >= 4 is 17.7 Å². The van der Waals surface area contributed by atoms with E-state index in [-0.39, 0.29) is 36.9 Å². The van der Waals surface area contributed by atoms with Crippen molar-refractivity contribution in [2.75, 3.05) is 59.4 Å². The second kappa shape index (κ2) is 12.5. The fraction of sp³-hybridized carbons (Fsp3) is 0.870. The molecule has 2 atom stereocenters. The van der Waals surface area contributed by atoms with Gasteiger partial charge in [0.15, 0.2) is 0 Å². The Labute approximate surface area is 193 Å². The van der Waals surface area contributed by atoms with Crippen LogP contribution >= 0.6 is 0 Å². The summed E-state index contributed by atoms with van der Waals surface area (Å²) >= 11 is 0. The highest BCUT2D eigenvalue weighted by atomic mass is 16.2. The van der Waals surface area contributed by atoms with Crippen molar-refractivity contribution in [2.45, 2.75) is 65.0 Å². The molecule has 184 valence electrons. The van der Waals surface area contributed by atoms with E-state index in [9.17, 15) is 14.4 Å². The van der Waals surface area contributed by atoms with Gasteiger partial charge in [-0.15, -0.1) is 0 Å². The number of rotatable bonds is 10. The molecule has 0 aromatic carbocycles. The van der Waals surface area contributed by atoms with E-state index in [4.69, 9.17) is 5.73 Å². The summed E-state index contributed by atoms with van der Waals surface area (Å²) in [5, 5.41) is 5.74. The Balaban J connectivity index is 2.06. The van der Waals surface area contributed by atoms with Crippen LogP contribution in [0.15, 0.2) is 0 Å². The van der Waals surface area contributed by atoms with E-state index >= 15 is 0 Å². The predicted molar refractivity (Wildman–Crippen MR) is 126 cm³/mol. The molecule has 2 aliphatic heterocycles. The number of nitrogens with one attached hydrogen (secondary N) is 2. The van der Waals surface area contributed by atoms with Gasteiger partial charge in [0, 0.05) is 32.2 Å². The number of nitrogens with zero attached hydrogens (tertiary/aromatic N) is 3. The van der Waals surface area contributed by atoms with Crippen molar-refractivity contribution in [2.24, 2.45) is 11.1 Å². The average Bonchev–Trinajstić information content (AvgIpc) is 3.22. The molecule has 0 bridgehead atoms. The quantitative estimate of drug-likeness (QED) is 0.430. The van der Waals surface area contributed by atoms with Crippen LogP contribution in [0, 0.1) is 5.41 Å². The lowest BCUT2D eigenvalue weighted by Gasteiger charge is -2.37. The van der Waals surface area contributed by atoms with Crippen LogP contribution in [0.1, 0.15) is 52.9 Å². The molecule has 0 spiro atoms. The van der Waals surface area contributed by atoms with E-state index < -0.39 is 11.5 Å². The molecule has 3 amide bonds. The molecule has 9 heteroatoms. The van der Waals surface area contributed by atoms with Crippen molar-refractivity contribution in [1.82, 2.24) is 25.3 Å². The average molecular weight is 453 g/mol. The fourth-order valence-electron chi connectivity index (χ4n) is 4.65. The highest BCUT2D eigenvalue weighted by Crippen LogP contribution is 2.26. The summed E-state index contributed by atoms with van der Waals surface area (Å²) in [6, 6.07) is -0.665. The van der Waals surface area contributed by atoms with Gasteiger partial charge in [-0.2, -0.15) is 0 Å². The van der Waals surface area contributed by atoms with Gasteiger partial charge in [0.1, 0.15) is 6.04 Å². The number of likely N-dealkylation sites (N-methyl/N-ethyl adjacent to an activating group) is 1. The minimum Gasteiger partial charge on any atom is -0.343 e. The second-order valence-corrected chi connectivity index (χ2v) is 10.2. The zero-order valence-electron chi connectivity index (χ0n) is 20.5. The van der Waals surface area contributed by atoms with Crippen molar-refractivity contribution in [3.8, 4) is 0 Å². The number of nitrogens with two attached hydrogens (primary N) is 1. The van der Waals surface area contributed by atoms with Crippen LogP contribution in [-0.4, -0.2) is 104 Å². The van der Waals surface area contributed by atoms with Crippen LogP contribution in [0.4, 0.5) is 0 Å². The Bertz CT molecular complexity index is 630. The summed E-state index contributed by atoms with van der Waals surface area (Å²) < 4.78 is 0. The topological polar surface area (TPSA) is 111 Å². The molecule has 2 unspecified atom stereocenters. The summed E-state index contributed by atoms with van der Waals surface area (Å²) in [5.74, 6) is -0.338. The van der Waals surface area contributed by atoms with Gasteiger partial charge >= 0.3 is 0 Å². The zero-order valence-corrected chi connectivity index (χ0v) is 20.5. The van der Waals surface area contributed by atoms with Crippen LogP contribution in [-0.2, 0) is 14.4 Å². The van der Waals surface area contributed by atoms with Crippen LogP contribution in [0.5, 0.6) is 0 Å². The Morgan fingerprint density at radius 3 is 2.38 bits per heavy atom. The largest absolute Gasteiger partial charge is 0.343 e. The molecule has 2 aliphatic rings. The summed E-state index contributed by atoms with van der Waals surface area (Å²) in [7, 11) is 1.71. The van der Waals surface area contributed by atoms with E-state index in [0.29, 0.717) is 19.6 Å². The van der Waals surface area contributed by atoms with E-state index in [1.54, 1.807) is 7.05 Å². The molecular weight excluding hydrogens is 408 g/mol. The number of hydrogen-bond acceptors (Lipinski definition) is 6. The normalized spacial score (nSPS) is 20.8. The van der Waals surface area contributed by atoms with Crippen LogP contribution in [0.3, 0.4) is 0 Å². The third-order valence-electron chi connectivity index (χ3n) is 6.51. The molecule has 0 saturated carbocycles. The van der Waals surface area contributed by atoms with E-state index in [1.165, 1.54) is 19.3 Å². The van der Waals surface area contributed by atoms with Crippen molar-refractivity contribution < 1.29 is 14.4 Å². The number of carbonyl (C=O) groups is 3. The molecule has 2 rings (SSSR count). The first-order chi connectivity index (χ1) is 15.2. The number of hydrogen-bond donors (Lipinski definition) is 3. The molecule has 9 nitrogen and oxygen atoms in total. The SMILES string of the molecule is CNCC(=O)NC(C(=O)N1CCCC1CN(CCN1CCCCC1)C(=O)CN)C(C)(C)C. The second-order valence-electron chi connectivity index (χ2n) is 10.2. The van der Waals surface area contributed by atoms with E-state index in [2.05, 4.69) is 15.5 Å². The number of piperidine rings is 1. The maximum atomic E-state index is 13.5. The maximum absolute atomic E-state index is 13.5. The lowest BCUT2D eigenvalue weighted by molar-refractivity contribution is -0.141. The molecule has 4 N–H and O–H groups in total. The minimum atomic E-state index is -0.615. The van der Waals surface area contributed by atoms with Gasteiger partial charge in [-0.3, -0.25) is 14.4 Å². The van der Waals surface area contributed by atoms with Gasteiger partial charge in [-0.25, -0.2) is 0 Å². The third-order valence-corrected chi connectivity index (χ3v) is 6.51. The molecule has 0 aromatic rings. The Hall–Kier alpha value is -1.71. The zero-order chi connectivity index (χ0) is 23.7. The molecule has 2 saturated heterocycles. The highest BCUT2D eigenvalue weighted by molar-refractivity contribution is 5.89. The molecule has 0 aromatic heterocycles. The first-order valence-electron chi connectivity index (χ1n) is 12.1. The first-order valence-corrected chi connectivity index (χ1v) is 12.1. The Kier molecular flexibility index (Phi) is 10.4. The number of amides is 3. The first kappa shape index (κ1) is 26.5. The monoisotopic (exact) mass is 452 g/mol. The minimum absolute atomic E-state index is 0.0225. The van der Waals surface area contributed by atoms with Gasteiger partial charge in [0.05, 0.1) is 13.1 Å². The highest BCUT2D eigenvalue weighted by Gasteiger charge is 2.40. The lowest BCUT2D eigenvalue weighted by Crippen LogP contribution is -2.58. The van der Waals surface area contributed by atoms with Gasteiger partial charge in [0.25, 0.3) is 0 Å². The van der Waals surface area contributed by atoms with Crippen LogP contribution in [0.25, 0.3) is 0 Å². The van der Waals surface area contributed by atoms with Gasteiger partial charge < -0.3 is 31.1 Å². The number of carbonyl (C=O) groups excluding carboxylic acids is 3. The maximum Gasteiger partial charge on any atom is 0.246 e. The molecule has 2 fully saturated rings. The fourth-order valence-corrected chi connectivity index (χ4v) is 4.65. The third kappa shape index (κ3) is 7.71. The smallest absolute Gasteiger partial charge is 0.246 e. The number of likely N-dealkylation sites (tertiary alicyclic amines) is 2. The van der Waals surface area contributed by atoms with Gasteiger partial charge in [-0.05, 0) is 51.2 Å². The summed E-state index contributed by atoms with van der Waals surface area (Å²) in [5.41, 5.74) is 5.28. The van der Waals surface area contributed by atoms with E-state index in [1.807, 2.05) is 30.6 Å². The molecule has 0 radical (unpaired) electrons. The Morgan fingerprint density at radius 1 is 1.09 bits per heavy atom. The predicted octanol–water partition coefficient (Wildman–Crippen LogP) is 0.000900. The van der Waals surface area contributed by atoms with Crippen molar-refractivity contribution in [3.63, 3.8) is 0 Å². The van der Waals surface area contributed by atoms with Gasteiger partial charge in [-0.1, -0.05) is 27.2 Å².